The molecule has 1 atom stereocenters. The zero-order chi connectivity index (χ0) is 13.0. The summed E-state index contributed by atoms with van der Waals surface area (Å²) in [7, 11) is 1.92. The van der Waals surface area contributed by atoms with Crippen LogP contribution in [0.3, 0.4) is 0 Å². The minimum absolute atomic E-state index is 0.0957. The second-order valence-corrected chi connectivity index (χ2v) is 4.89. The lowest BCUT2D eigenvalue weighted by atomic mass is 10.1. The molecule has 1 heterocycles. The zero-order valence-corrected chi connectivity index (χ0v) is 11.7. The number of thioether (sulfide) groups is 1. The van der Waals surface area contributed by atoms with Crippen molar-refractivity contribution in [1.29, 1.82) is 0 Å². The number of nitrogens with one attached hydrogen (secondary N) is 1. The van der Waals surface area contributed by atoms with Gasteiger partial charge in [-0.05, 0) is 30.5 Å². The van der Waals surface area contributed by atoms with E-state index in [1.165, 1.54) is 10.5 Å². The van der Waals surface area contributed by atoms with Crippen molar-refractivity contribution in [3.63, 3.8) is 0 Å². The highest BCUT2D eigenvalue weighted by Gasteiger charge is 2.17. The van der Waals surface area contributed by atoms with E-state index in [1.807, 2.05) is 11.7 Å². The molecule has 4 nitrogen and oxygen atoms in total. The Morgan fingerprint density at radius 1 is 1.33 bits per heavy atom. The molecule has 0 fully saturated rings. The summed E-state index contributed by atoms with van der Waals surface area (Å²) in [6.07, 6.45) is 3.68. The smallest absolute Gasteiger partial charge is 0.148 e. The Kier molecular flexibility index (Phi) is 4.38. The fourth-order valence-corrected chi connectivity index (χ4v) is 2.33. The number of aryl methyl sites for hydroxylation is 1. The molecule has 1 N–H and O–H groups in total. The molecule has 0 aliphatic carbocycles. The van der Waals surface area contributed by atoms with Gasteiger partial charge in [-0.15, -0.1) is 11.8 Å². The minimum Gasteiger partial charge on any atom is -0.304 e. The monoisotopic (exact) mass is 262 g/mol. The second-order valence-electron chi connectivity index (χ2n) is 4.01. The number of nitrogens with zero attached hydrogens (tertiary/aromatic N) is 3. The minimum atomic E-state index is 0.0957. The molecular weight excluding hydrogens is 244 g/mol. The van der Waals surface area contributed by atoms with E-state index in [4.69, 9.17) is 0 Å². The molecule has 0 aliphatic heterocycles. The van der Waals surface area contributed by atoms with Crippen molar-refractivity contribution in [2.24, 2.45) is 7.05 Å². The van der Waals surface area contributed by atoms with Crippen LogP contribution in [0.4, 0.5) is 0 Å². The fraction of sp³-hybridized carbons (Fsp3) is 0.385. The van der Waals surface area contributed by atoms with Crippen molar-refractivity contribution in [3.05, 3.63) is 42.0 Å². The van der Waals surface area contributed by atoms with Crippen LogP contribution in [0, 0.1) is 0 Å². The molecular formula is C13H18N4S. The van der Waals surface area contributed by atoms with Gasteiger partial charge in [-0.2, -0.15) is 5.10 Å². The van der Waals surface area contributed by atoms with Gasteiger partial charge in [0.25, 0.3) is 0 Å². The van der Waals surface area contributed by atoms with E-state index in [1.54, 1.807) is 18.1 Å². The Bertz CT molecular complexity index is 492. The summed E-state index contributed by atoms with van der Waals surface area (Å²) in [4.78, 5) is 5.61. The fourth-order valence-electron chi connectivity index (χ4n) is 1.93. The van der Waals surface area contributed by atoms with Crippen LogP contribution in [0.2, 0.25) is 0 Å². The van der Waals surface area contributed by atoms with Crippen LogP contribution >= 0.6 is 11.8 Å². The van der Waals surface area contributed by atoms with Gasteiger partial charge >= 0.3 is 0 Å². The average Bonchev–Trinajstić information content (AvgIpc) is 2.82. The third-order valence-electron chi connectivity index (χ3n) is 2.86. The molecule has 0 spiro atoms. The molecule has 0 saturated heterocycles. The first-order valence-corrected chi connectivity index (χ1v) is 7.20. The SMILES string of the molecule is CCNC(c1ccc(SC)cc1)c1ncnn1C. The maximum Gasteiger partial charge on any atom is 0.148 e. The topological polar surface area (TPSA) is 42.7 Å². The van der Waals surface area contributed by atoms with Gasteiger partial charge in [-0.25, -0.2) is 4.98 Å². The summed E-state index contributed by atoms with van der Waals surface area (Å²) >= 11 is 1.75. The van der Waals surface area contributed by atoms with Crippen LogP contribution in [0.15, 0.2) is 35.5 Å². The Morgan fingerprint density at radius 2 is 2.06 bits per heavy atom. The Morgan fingerprint density at radius 3 is 2.56 bits per heavy atom. The Balaban J connectivity index is 2.32. The first-order valence-electron chi connectivity index (χ1n) is 5.97. The Hall–Kier alpha value is -1.33. The van der Waals surface area contributed by atoms with Gasteiger partial charge in [0.05, 0.1) is 6.04 Å². The molecule has 0 amide bonds. The molecule has 5 heteroatoms. The first kappa shape index (κ1) is 13.1. The van der Waals surface area contributed by atoms with Gasteiger partial charge in [-0.1, -0.05) is 19.1 Å². The lowest BCUT2D eigenvalue weighted by Gasteiger charge is -2.17. The quantitative estimate of drug-likeness (QED) is 0.839. The van der Waals surface area contributed by atoms with Crippen LogP contribution in [-0.2, 0) is 7.05 Å². The van der Waals surface area contributed by atoms with E-state index in [9.17, 15) is 0 Å². The molecule has 1 unspecified atom stereocenters. The van der Waals surface area contributed by atoms with Gasteiger partial charge in [0, 0.05) is 11.9 Å². The van der Waals surface area contributed by atoms with Gasteiger partial charge in [0.15, 0.2) is 0 Å². The number of rotatable bonds is 5. The molecule has 0 saturated carbocycles. The van der Waals surface area contributed by atoms with E-state index in [-0.39, 0.29) is 6.04 Å². The molecule has 1 aromatic carbocycles. The molecule has 0 radical (unpaired) electrons. The largest absolute Gasteiger partial charge is 0.304 e. The highest BCUT2D eigenvalue weighted by molar-refractivity contribution is 7.98. The van der Waals surface area contributed by atoms with E-state index in [0.717, 1.165) is 12.4 Å². The summed E-state index contributed by atoms with van der Waals surface area (Å²) in [5.74, 6) is 0.939. The number of benzene rings is 1. The molecule has 0 bridgehead atoms. The van der Waals surface area contributed by atoms with Gasteiger partial charge < -0.3 is 5.32 Å². The van der Waals surface area contributed by atoms with Crippen LogP contribution < -0.4 is 5.32 Å². The van der Waals surface area contributed by atoms with Crippen molar-refractivity contribution in [3.8, 4) is 0 Å². The lowest BCUT2D eigenvalue weighted by molar-refractivity contribution is 0.559. The number of aromatic nitrogens is 3. The highest BCUT2D eigenvalue weighted by Crippen LogP contribution is 2.22. The second kappa shape index (κ2) is 6.02. The molecule has 2 aromatic rings. The zero-order valence-electron chi connectivity index (χ0n) is 10.9. The standard InChI is InChI=1S/C13H18N4S/c1-4-14-12(13-15-9-16-17(13)2)10-5-7-11(18-3)8-6-10/h5-9,12,14H,4H2,1-3H3. The van der Waals surface area contributed by atoms with E-state index in [2.05, 4.69) is 52.8 Å². The van der Waals surface area contributed by atoms with Crippen molar-refractivity contribution >= 4 is 11.8 Å². The molecule has 0 aliphatic rings. The maximum atomic E-state index is 4.34. The lowest BCUT2D eigenvalue weighted by Crippen LogP contribution is -2.25. The Labute approximate surface area is 112 Å². The maximum absolute atomic E-state index is 4.34. The molecule has 18 heavy (non-hydrogen) atoms. The summed E-state index contributed by atoms with van der Waals surface area (Å²) in [6.45, 7) is 2.99. The van der Waals surface area contributed by atoms with Crippen molar-refractivity contribution in [2.75, 3.05) is 12.8 Å². The average molecular weight is 262 g/mol. The van der Waals surface area contributed by atoms with Crippen LogP contribution in [0.1, 0.15) is 24.4 Å². The van der Waals surface area contributed by atoms with Crippen molar-refractivity contribution < 1.29 is 0 Å². The van der Waals surface area contributed by atoms with Gasteiger partial charge in [-0.3, -0.25) is 4.68 Å². The first-order chi connectivity index (χ1) is 8.76. The highest BCUT2D eigenvalue weighted by atomic mass is 32.2. The predicted octanol–water partition coefficient (Wildman–Crippen LogP) is 2.24. The normalized spacial score (nSPS) is 12.6. The third-order valence-corrected chi connectivity index (χ3v) is 3.61. The third kappa shape index (κ3) is 2.73. The summed E-state index contributed by atoms with van der Waals surface area (Å²) in [5, 5.41) is 7.59. The van der Waals surface area contributed by atoms with Gasteiger partial charge in [0.1, 0.15) is 12.2 Å². The van der Waals surface area contributed by atoms with Crippen molar-refractivity contribution in [2.45, 2.75) is 17.9 Å². The van der Waals surface area contributed by atoms with Gasteiger partial charge in [0.2, 0.25) is 0 Å². The molecule has 1 aromatic heterocycles. The van der Waals surface area contributed by atoms with E-state index >= 15 is 0 Å². The molecule has 2 rings (SSSR count). The van der Waals surface area contributed by atoms with E-state index < -0.39 is 0 Å². The van der Waals surface area contributed by atoms with Crippen LogP contribution in [0.5, 0.6) is 0 Å². The number of hydrogen-bond acceptors (Lipinski definition) is 4. The summed E-state index contributed by atoms with van der Waals surface area (Å²) in [6, 6.07) is 8.67. The summed E-state index contributed by atoms with van der Waals surface area (Å²) < 4.78 is 1.82. The predicted molar refractivity (Wildman–Crippen MR) is 74.7 cm³/mol. The van der Waals surface area contributed by atoms with Crippen LogP contribution in [0.25, 0.3) is 0 Å². The van der Waals surface area contributed by atoms with E-state index in [0.29, 0.717) is 0 Å². The van der Waals surface area contributed by atoms with Crippen LogP contribution in [-0.4, -0.2) is 27.6 Å². The summed E-state index contributed by atoms with van der Waals surface area (Å²) in [5.41, 5.74) is 1.21. The molecule has 96 valence electrons. The van der Waals surface area contributed by atoms with Crippen molar-refractivity contribution in [1.82, 2.24) is 20.1 Å². The number of hydrogen-bond donors (Lipinski definition) is 1.